The first-order chi connectivity index (χ1) is 10.3. The lowest BCUT2D eigenvalue weighted by atomic mass is 10.2. The van der Waals surface area contributed by atoms with E-state index >= 15 is 0 Å². The summed E-state index contributed by atoms with van der Waals surface area (Å²) in [5.41, 5.74) is 7.31. The van der Waals surface area contributed by atoms with Gasteiger partial charge in [-0.1, -0.05) is 35.5 Å². The molecule has 0 aliphatic rings. The van der Waals surface area contributed by atoms with Gasteiger partial charge >= 0.3 is 0 Å². The van der Waals surface area contributed by atoms with Gasteiger partial charge in [-0.15, -0.1) is 11.3 Å². The Kier molecular flexibility index (Phi) is 2.72. The number of aromatic nitrogens is 2. The third-order valence-electron chi connectivity index (χ3n) is 3.21. The van der Waals surface area contributed by atoms with Crippen LogP contribution in [0.4, 0.5) is 5.69 Å². The van der Waals surface area contributed by atoms with Crippen molar-refractivity contribution in [2.24, 2.45) is 0 Å². The lowest BCUT2D eigenvalue weighted by Gasteiger charge is -1.95. The number of nitrogens with two attached hydrogens (primary N) is 1. The molecular weight excluding hydrogens is 282 g/mol. The summed E-state index contributed by atoms with van der Waals surface area (Å²) in [5, 5.41) is 5.22. The van der Waals surface area contributed by atoms with Crippen LogP contribution in [0.3, 0.4) is 0 Å². The van der Waals surface area contributed by atoms with Gasteiger partial charge in [-0.3, -0.25) is 0 Å². The normalized spacial score (nSPS) is 11.0. The Morgan fingerprint density at radius 3 is 2.76 bits per heavy atom. The number of thiophene rings is 1. The Morgan fingerprint density at radius 2 is 1.90 bits per heavy atom. The number of hydrogen-bond acceptors (Lipinski definition) is 5. The molecule has 0 aliphatic carbocycles. The van der Waals surface area contributed by atoms with Crippen LogP contribution in [0.5, 0.6) is 0 Å². The molecule has 2 heterocycles. The largest absolute Gasteiger partial charge is 0.399 e. The monoisotopic (exact) mass is 293 g/mol. The molecule has 5 heteroatoms. The molecule has 4 rings (SSSR count). The van der Waals surface area contributed by atoms with Crippen LogP contribution in [-0.2, 0) is 0 Å². The second kappa shape index (κ2) is 4.71. The zero-order chi connectivity index (χ0) is 14.2. The summed E-state index contributed by atoms with van der Waals surface area (Å²) in [5.74, 6) is 1.09. The van der Waals surface area contributed by atoms with Crippen molar-refractivity contribution in [1.29, 1.82) is 0 Å². The summed E-state index contributed by atoms with van der Waals surface area (Å²) in [4.78, 5) is 5.44. The van der Waals surface area contributed by atoms with Crippen molar-refractivity contribution in [3.05, 3.63) is 54.6 Å². The van der Waals surface area contributed by atoms with E-state index in [1.807, 2.05) is 36.4 Å². The molecule has 4 nitrogen and oxygen atoms in total. The molecule has 0 atom stereocenters. The van der Waals surface area contributed by atoms with Gasteiger partial charge in [-0.2, -0.15) is 4.98 Å². The molecule has 0 radical (unpaired) electrons. The van der Waals surface area contributed by atoms with Gasteiger partial charge < -0.3 is 10.3 Å². The van der Waals surface area contributed by atoms with Crippen LogP contribution in [0.25, 0.3) is 32.2 Å². The summed E-state index contributed by atoms with van der Waals surface area (Å²) in [6.45, 7) is 0. The van der Waals surface area contributed by atoms with Crippen molar-refractivity contribution in [3.8, 4) is 22.2 Å². The highest BCUT2D eigenvalue weighted by atomic mass is 32.1. The standard InChI is InChI=1S/C16H11N3OS/c17-12-6-3-5-11(8-12)15-18-16(20-19-15)14-9-10-4-1-2-7-13(10)21-14/h1-9H,17H2. The second-order valence-corrected chi connectivity index (χ2v) is 5.78. The van der Waals surface area contributed by atoms with Crippen LogP contribution in [-0.4, -0.2) is 10.1 Å². The molecule has 102 valence electrons. The molecule has 0 aliphatic heterocycles. The van der Waals surface area contributed by atoms with Crippen LogP contribution in [0.15, 0.2) is 59.1 Å². The van der Waals surface area contributed by atoms with Crippen LogP contribution in [0.1, 0.15) is 0 Å². The van der Waals surface area contributed by atoms with Crippen molar-refractivity contribution in [2.45, 2.75) is 0 Å². The van der Waals surface area contributed by atoms with Crippen LogP contribution in [0, 0.1) is 0 Å². The molecule has 0 unspecified atom stereocenters. The quantitative estimate of drug-likeness (QED) is 0.562. The SMILES string of the molecule is Nc1cccc(-c2noc(-c3cc4ccccc4s3)n2)c1. The van der Waals surface area contributed by atoms with Gasteiger partial charge in [0.15, 0.2) is 0 Å². The van der Waals surface area contributed by atoms with Gasteiger partial charge in [0.05, 0.1) is 4.88 Å². The summed E-state index contributed by atoms with van der Waals surface area (Å²) < 4.78 is 6.59. The van der Waals surface area contributed by atoms with Gasteiger partial charge in [0.2, 0.25) is 5.82 Å². The number of nitrogens with zero attached hydrogens (tertiary/aromatic N) is 2. The van der Waals surface area contributed by atoms with Crippen molar-refractivity contribution in [1.82, 2.24) is 10.1 Å². The van der Waals surface area contributed by atoms with E-state index in [0.29, 0.717) is 17.4 Å². The van der Waals surface area contributed by atoms with Crippen molar-refractivity contribution in [2.75, 3.05) is 5.73 Å². The molecular formula is C16H11N3OS. The van der Waals surface area contributed by atoms with E-state index in [1.54, 1.807) is 11.3 Å². The minimum absolute atomic E-state index is 0.536. The molecule has 2 aromatic heterocycles. The highest BCUT2D eigenvalue weighted by Crippen LogP contribution is 2.33. The maximum absolute atomic E-state index is 5.78. The Morgan fingerprint density at radius 1 is 1.00 bits per heavy atom. The van der Waals surface area contributed by atoms with E-state index in [1.165, 1.54) is 10.1 Å². The summed E-state index contributed by atoms with van der Waals surface area (Å²) in [7, 11) is 0. The van der Waals surface area contributed by atoms with Gasteiger partial charge in [-0.05, 0) is 29.7 Å². The molecule has 21 heavy (non-hydrogen) atoms. The molecule has 0 bridgehead atoms. The number of nitrogen functional groups attached to an aromatic ring is 1. The second-order valence-electron chi connectivity index (χ2n) is 4.70. The van der Waals surface area contributed by atoms with E-state index in [0.717, 1.165) is 10.4 Å². The predicted octanol–water partition coefficient (Wildman–Crippen LogP) is 4.20. The highest BCUT2D eigenvalue weighted by Gasteiger charge is 2.13. The first-order valence-electron chi connectivity index (χ1n) is 6.48. The topological polar surface area (TPSA) is 64.9 Å². The number of rotatable bonds is 2. The third kappa shape index (κ3) is 2.17. The van der Waals surface area contributed by atoms with E-state index < -0.39 is 0 Å². The number of anilines is 1. The van der Waals surface area contributed by atoms with Crippen LogP contribution >= 0.6 is 11.3 Å². The number of fused-ring (bicyclic) bond motifs is 1. The van der Waals surface area contributed by atoms with E-state index in [2.05, 4.69) is 28.3 Å². The highest BCUT2D eigenvalue weighted by molar-refractivity contribution is 7.22. The van der Waals surface area contributed by atoms with Gasteiger partial charge in [-0.25, -0.2) is 0 Å². The van der Waals surface area contributed by atoms with Gasteiger partial charge in [0.25, 0.3) is 5.89 Å². The van der Waals surface area contributed by atoms with Crippen molar-refractivity contribution >= 4 is 27.1 Å². The van der Waals surface area contributed by atoms with Gasteiger partial charge in [0, 0.05) is 16.0 Å². The zero-order valence-corrected chi connectivity index (χ0v) is 11.8. The molecule has 0 spiro atoms. The van der Waals surface area contributed by atoms with Crippen molar-refractivity contribution < 1.29 is 4.52 Å². The number of benzene rings is 2. The van der Waals surface area contributed by atoms with Crippen LogP contribution < -0.4 is 5.73 Å². The van der Waals surface area contributed by atoms with E-state index in [4.69, 9.17) is 10.3 Å². The molecule has 0 fully saturated rings. The molecule has 0 saturated carbocycles. The summed E-state index contributed by atoms with van der Waals surface area (Å²) >= 11 is 1.64. The van der Waals surface area contributed by atoms with E-state index in [-0.39, 0.29) is 0 Å². The lowest BCUT2D eigenvalue weighted by Crippen LogP contribution is -1.86. The average molecular weight is 293 g/mol. The zero-order valence-electron chi connectivity index (χ0n) is 11.0. The summed E-state index contributed by atoms with van der Waals surface area (Å²) in [6, 6.07) is 17.7. The molecule has 2 aromatic carbocycles. The Hall–Kier alpha value is -2.66. The Balaban J connectivity index is 1.77. The first kappa shape index (κ1) is 12.1. The Bertz CT molecular complexity index is 893. The summed E-state index contributed by atoms with van der Waals surface area (Å²) in [6.07, 6.45) is 0. The van der Waals surface area contributed by atoms with E-state index in [9.17, 15) is 0 Å². The maximum Gasteiger partial charge on any atom is 0.268 e. The maximum atomic E-state index is 5.78. The number of hydrogen-bond donors (Lipinski definition) is 1. The van der Waals surface area contributed by atoms with Crippen LogP contribution in [0.2, 0.25) is 0 Å². The smallest absolute Gasteiger partial charge is 0.268 e. The third-order valence-corrected chi connectivity index (χ3v) is 4.31. The fourth-order valence-electron chi connectivity index (χ4n) is 2.21. The molecule has 4 aromatic rings. The molecule has 0 saturated heterocycles. The van der Waals surface area contributed by atoms with Crippen molar-refractivity contribution in [3.63, 3.8) is 0 Å². The first-order valence-corrected chi connectivity index (χ1v) is 7.30. The average Bonchev–Trinajstić information content (AvgIpc) is 3.14. The fourth-order valence-corrected chi connectivity index (χ4v) is 3.19. The Labute approximate surface area is 124 Å². The lowest BCUT2D eigenvalue weighted by molar-refractivity contribution is 0.433. The minimum atomic E-state index is 0.536. The predicted molar refractivity (Wildman–Crippen MR) is 85.0 cm³/mol. The molecule has 2 N–H and O–H groups in total. The fraction of sp³-hybridized carbons (Fsp3) is 0. The minimum Gasteiger partial charge on any atom is -0.399 e. The molecule has 0 amide bonds. The van der Waals surface area contributed by atoms with Gasteiger partial charge in [0.1, 0.15) is 0 Å².